The zero-order valence-corrected chi connectivity index (χ0v) is 18.4. The minimum atomic E-state index is -4.44. The second kappa shape index (κ2) is 10.4. The number of alkyl halides is 6. The molecule has 0 radical (unpaired) electrons. The SMILES string of the molecule is CC(C)(C)OC(=O)NC1CC(Nc2ccc(C(F)(F)F)cn2)C1.Fc1ccc(C(F)(F)F)cn1. The van der Waals surface area contributed by atoms with E-state index in [2.05, 4.69) is 20.6 Å². The molecule has 6 nitrogen and oxygen atoms in total. The van der Waals surface area contributed by atoms with Crippen LogP contribution in [0.25, 0.3) is 0 Å². The van der Waals surface area contributed by atoms with E-state index in [0.29, 0.717) is 37.0 Å². The number of halogens is 7. The Bertz CT molecular complexity index is 934. The molecule has 34 heavy (non-hydrogen) atoms. The van der Waals surface area contributed by atoms with Gasteiger partial charge in [-0.1, -0.05) is 0 Å². The number of alkyl carbamates (subject to hydrolysis) is 1. The Labute approximate surface area is 190 Å². The van der Waals surface area contributed by atoms with Gasteiger partial charge < -0.3 is 15.4 Å². The summed E-state index contributed by atoms with van der Waals surface area (Å²) in [5.41, 5.74) is -2.27. The van der Waals surface area contributed by atoms with Crippen LogP contribution in [0, 0.1) is 5.95 Å². The van der Waals surface area contributed by atoms with Gasteiger partial charge in [0.15, 0.2) is 0 Å². The van der Waals surface area contributed by atoms with Crippen LogP contribution in [0.4, 0.5) is 41.3 Å². The molecule has 13 heteroatoms. The minimum Gasteiger partial charge on any atom is -0.444 e. The van der Waals surface area contributed by atoms with Gasteiger partial charge >= 0.3 is 18.4 Å². The summed E-state index contributed by atoms with van der Waals surface area (Å²) in [5, 5.41) is 5.79. The zero-order valence-electron chi connectivity index (χ0n) is 18.4. The van der Waals surface area contributed by atoms with E-state index >= 15 is 0 Å². The third kappa shape index (κ3) is 9.02. The van der Waals surface area contributed by atoms with Gasteiger partial charge in [-0.2, -0.15) is 30.7 Å². The fourth-order valence-corrected chi connectivity index (χ4v) is 2.73. The molecule has 1 aliphatic carbocycles. The molecule has 2 N–H and O–H groups in total. The van der Waals surface area contributed by atoms with E-state index in [1.54, 1.807) is 20.8 Å². The van der Waals surface area contributed by atoms with Crippen molar-refractivity contribution in [1.82, 2.24) is 15.3 Å². The summed E-state index contributed by atoms with van der Waals surface area (Å²) in [6.07, 6.45) is -6.70. The lowest BCUT2D eigenvalue weighted by molar-refractivity contribution is -0.138. The van der Waals surface area contributed by atoms with Gasteiger partial charge in [0.1, 0.15) is 11.4 Å². The average Bonchev–Trinajstić information content (AvgIpc) is 2.64. The largest absolute Gasteiger partial charge is 0.444 e. The number of ether oxygens (including phenoxy) is 1. The van der Waals surface area contributed by atoms with Crippen LogP contribution in [-0.4, -0.2) is 33.7 Å². The van der Waals surface area contributed by atoms with Crippen molar-refractivity contribution in [2.24, 2.45) is 0 Å². The number of carbonyl (C=O) groups excluding carboxylic acids is 1. The van der Waals surface area contributed by atoms with Crippen LogP contribution in [0.1, 0.15) is 44.7 Å². The first-order chi connectivity index (χ1) is 15.5. The summed E-state index contributed by atoms with van der Waals surface area (Å²) in [7, 11) is 0. The van der Waals surface area contributed by atoms with E-state index < -0.39 is 41.1 Å². The Kier molecular flexibility index (Phi) is 8.32. The minimum absolute atomic E-state index is 0.00296. The van der Waals surface area contributed by atoms with Crippen LogP contribution in [0.5, 0.6) is 0 Å². The lowest BCUT2D eigenvalue weighted by atomic mass is 9.87. The molecule has 1 amide bonds. The van der Waals surface area contributed by atoms with E-state index in [0.717, 1.165) is 12.3 Å². The Hall–Kier alpha value is -3.12. The normalized spacial score (nSPS) is 18.2. The van der Waals surface area contributed by atoms with Crippen molar-refractivity contribution in [2.75, 3.05) is 5.32 Å². The van der Waals surface area contributed by atoms with E-state index in [-0.39, 0.29) is 12.1 Å². The first kappa shape index (κ1) is 27.1. The lowest BCUT2D eigenvalue weighted by Crippen LogP contribution is -2.50. The highest BCUT2D eigenvalue weighted by molar-refractivity contribution is 5.68. The zero-order chi connectivity index (χ0) is 25.7. The molecule has 2 aromatic heterocycles. The van der Waals surface area contributed by atoms with Crippen molar-refractivity contribution in [3.63, 3.8) is 0 Å². The molecule has 3 rings (SSSR count). The molecule has 0 atom stereocenters. The van der Waals surface area contributed by atoms with Crippen molar-refractivity contribution in [3.8, 4) is 0 Å². The summed E-state index contributed by atoms with van der Waals surface area (Å²) >= 11 is 0. The standard InChI is InChI=1S/C15H20F3N3O2.C6H3F4N/c1-14(2,3)23-13(22)21-11-6-10(7-11)20-12-5-4-9(8-19-12)15(16,17)18;7-5-2-1-4(3-11-5)6(8,9)10/h4-5,8,10-11H,6-7H2,1-3H3,(H,19,20)(H,21,22);1-3H. The number of carbonyl (C=O) groups is 1. The molecular formula is C21H23F7N4O2. The topological polar surface area (TPSA) is 76.1 Å². The third-order valence-corrected chi connectivity index (χ3v) is 4.36. The molecule has 0 spiro atoms. The number of pyridine rings is 2. The molecule has 2 heterocycles. The fourth-order valence-electron chi connectivity index (χ4n) is 2.73. The van der Waals surface area contributed by atoms with Crippen molar-refractivity contribution in [3.05, 3.63) is 53.7 Å². The summed E-state index contributed by atoms with van der Waals surface area (Å²) in [4.78, 5) is 18.2. The predicted octanol–water partition coefficient (Wildman–Crippen LogP) is 5.81. The number of anilines is 1. The van der Waals surface area contributed by atoms with Gasteiger partial charge in [0.2, 0.25) is 5.95 Å². The predicted molar refractivity (Wildman–Crippen MR) is 108 cm³/mol. The van der Waals surface area contributed by atoms with Gasteiger partial charge in [-0.25, -0.2) is 14.8 Å². The highest BCUT2D eigenvalue weighted by Crippen LogP contribution is 2.30. The number of nitrogens with zero attached hydrogens (tertiary/aromatic N) is 2. The quantitative estimate of drug-likeness (QED) is 0.415. The Morgan fingerprint density at radius 1 is 0.882 bits per heavy atom. The molecule has 188 valence electrons. The summed E-state index contributed by atoms with van der Waals surface area (Å²) in [5.74, 6) is -0.531. The molecule has 0 aromatic carbocycles. The van der Waals surface area contributed by atoms with Crippen LogP contribution in [0.2, 0.25) is 0 Å². The number of nitrogens with one attached hydrogen (secondary N) is 2. The molecule has 1 fully saturated rings. The molecule has 1 aliphatic rings. The van der Waals surface area contributed by atoms with Crippen LogP contribution in [0.3, 0.4) is 0 Å². The van der Waals surface area contributed by atoms with Gasteiger partial charge in [-0.05, 0) is 57.9 Å². The van der Waals surface area contributed by atoms with Crippen LogP contribution < -0.4 is 10.6 Å². The molecule has 0 unspecified atom stereocenters. The maximum absolute atomic E-state index is 12.4. The highest BCUT2D eigenvalue weighted by Gasteiger charge is 2.33. The fraction of sp³-hybridized carbons (Fsp3) is 0.476. The summed E-state index contributed by atoms with van der Waals surface area (Å²) in [6, 6.07) is 3.67. The van der Waals surface area contributed by atoms with Gasteiger partial charge in [-0.3, -0.25) is 0 Å². The number of rotatable bonds is 3. The molecular weight excluding hydrogens is 473 g/mol. The van der Waals surface area contributed by atoms with E-state index in [1.807, 2.05) is 0 Å². The Morgan fingerprint density at radius 3 is 1.82 bits per heavy atom. The van der Waals surface area contributed by atoms with Gasteiger partial charge in [-0.15, -0.1) is 0 Å². The Balaban J connectivity index is 0.000000310. The van der Waals surface area contributed by atoms with Crippen LogP contribution in [-0.2, 0) is 17.1 Å². The molecule has 2 aromatic rings. The van der Waals surface area contributed by atoms with Crippen molar-refractivity contribution < 1.29 is 40.3 Å². The van der Waals surface area contributed by atoms with Gasteiger partial charge in [0, 0.05) is 24.5 Å². The van der Waals surface area contributed by atoms with Crippen molar-refractivity contribution in [2.45, 2.75) is 63.7 Å². The number of hydrogen-bond donors (Lipinski definition) is 2. The molecule has 1 saturated carbocycles. The summed E-state index contributed by atoms with van der Waals surface area (Å²) in [6.45, 7) is 5.36. The smallest absolute Gasteiger partial charge is 0.417 e. The number of amides is 1. The van der Waals surface area contributed by atoms with E-state index in [4.69, 9.17) is 4.74 Å². The summed E-state index contributed by atoms with van der Waals surface area (Å²) < 4.78 is 89.7. The van der Waals surface area contributed by atoms with Crippen molar-refractivity contribution >= 4 is 11.9 Å². The number of hydrogen-bond acceptors (Lipinski definition) is 5. The molecule has 0 aliphatic heterocycles. The monoisotopic (exact) mass is 496 g/mol. The maximum Gasteiger partial charge on any atom is 0.417 e. The maximum atomic E-state index is 12.4. The van der Waals surface area contributed by atoms with Crippen LogP contribution >= 0.6 is 0 Å². The molecule has 0 saturated heterocycles. The highest BCUT2D eigenvalue weighted by atomic mass is 19.4. The number of aromatic nitrogens is 2. The first-order valence-corrected chi connectivity index (χ1v) is 10.0. The van der Waals surface area contributed by atoms with Crippen molar-refractivity contribution in [1.29, 1.82) is 0 Å². The lowest BCUT2D eigenvalue weighted by Gasteiger charge is -2.36. The second-order valence-electron chi connectivity index (χ2n) is 8.45. The third-order valence-electron chi connectivity index (χ3n) is 4.36. The second-order valence-corrected chi connectivity index (χ2v) is 8.45. The average molecular weight is 496 g/mol. The van der Waals surface area contributed by atoms with Crippen LogP contribution in [0.15, 0.2) is 36.7 Å². The molecule has 0 bridgehead atoms. The Morgan fingerprint density at radius 2 is 1.41 bits per heavy atom. The van der Waals surface area contributed by atoms with Gasteiger partial charge in [0.25, 0.3) is 0 Å². The van der Waals surface area contributed by atoms with Gasteiger partial charge in [0.05, 0.1) is 11.1 Å². The van der Waals surface area contributed by atoms with E-state index in [1.165, 1.54) is 6.07 Å². The van der Waals surface area contributed by atoms with E-state index in [9.17, 15) is 35.5 Å². The first-order valence-electron chi connectivity index (χ1n) is 10.0.